The summed E-state index contributed by atoms with van der Waals surface area (Å²) in [4.78, 5) is 38.1. The molecule has 1 saturated heterocycles. The van der Waals surface area contributed by atoms with Crippen molar-refractivity contribution in [3.05, 3.63) is 35.9 Å². The van der Waals surface area contributed by atoms with E-state index in [-0.39, 0.29) is 13.2 Å². The highest BCUT2D eigenvalue weighted by atomic mass is 16.6. The first-order valence-electron chi connectivity index (χ1n) is 9.22. The summed E-state index contributed by atoms with van der Waals surface area (Å²) in [7, 11) is 1.28. The van der Waals surface area contributed by atoms with E-state index in [0.29, 0.717) is 13.0 Å². The van der Waals surface area contributed by atoms with E-state index in [0.717, 1.165) is 5.56 Å². The molecule has 1 aliphatic heterocycles. The summed E-state index contributed by atoms with van der Waals surface area (Å²) in [6.07, 6.45) is -0.723. The number of rotatable bonds is 4. The molecule has 1 aliphatic rings. The average molecular weight is 392 g/mol. The maximum atomic E-state index is 12.3. The number of benzene rings is 1. The number of hydrogen-bond acceptors (Lipinski definition) is 6. The van der Waals surface area contributed by atoms with Crippen LogP contribution in [0.1, 0.15) is 32.8 Å². The summed E-state index contributed by atoms with van der Waals surface area (Å²) in [6, 6.07) is 8.80. The van der Waals surface area contributed by atoms with E-state index in [1.54, 1.807) is 20.8 Å². The smallest absolute Gasteiger partial charge is 0.410 e. The summed E-state index contributed by atoms with van der Waals surface area (Å²) in [6.45, 7) is 5.92. The number of carbonyl (C=O) groups excluding carboxylic acids is 3. The van der Waals surface area contributed by atoms with Crippen LogP contribution in [0.5, 0.6) is 0 Å². The Bertz CT molecular complexity index is 686. The second-order valence-corrected chi connectivity index (χ2v) is 7.66. The van der Waals surface area contributed by atoms with E-state index in [1.807, 2.05) is 30.3 Å². The fourth-order valence-electron chi connectivity index (χ4n) is 2.92. The molecule has 1 heterocycles. The number of amides is 2. The molecular formula is C20H28N2O6. The third-order valence-corrected chi connectivity index (χ3v) is 4.28. The van der Waals surface area contributed by atoms with E-state index < -0.39 is 35.7 Å². The number of alkyl carbamates (subject to hydrolysis) is 1. The van der Waals surface area contributed by atoms with Crippen molar-refractivity contribution in [2.24, 2.45) is 5.92 Å². The Labute approximate surface area is 165 Å². The van der Waals surface area contributed by atoms with Gasteiger partial charge in [-0.2, -0.15) is 0 Å². The third kappa shape index (κ3) is 6.44. The molecular weight excluding hydrogens is 364 g/mol. The minimum Gasteiger partial charge on any atom is -0.469 e. The number of esters is 1. The summed E-state index contributed by atoms with van der Waals surface area (Å²) >= 11 is 0. The molecule has 2 atom stereocenters. The second kappa shape index (κ2) is 9.43. The normalized spacial score (nSPS) is 19.5. The first-order valence-corrected chi connectivity index (χ1v) is 9.22. The van der Waals surface area contributed by atoms with Crippen LogP contribution >= 0.6 is 0 Å². The summed E-state index contributed by atoms with van der Waals surface area (Å²) < 4.78 is 15.4. The number of likely N-dealkylation sites (tertiary alicyclic amines) is 1. The van der Waals surface area contributed by atoms with E-state index in [9.17, 15) is 14.4 Å². The lowest BCUT2D eigenvalue weighted by atomic mass is 9.92. The average Bonchev–Trinajstić information content (AvgIpc) is 2.65. The van der Waals surface area contributed by atoms with Crippen molar-refractivity contribution in [2.75, 3.05) is 20.2 Å². The molecule has 2 rings (SSSR count). The molecule has 0 bridgehead atoms. The number of methoxy groups -OCH3 is 1. The molecule has 8 nitrogen and oxygen atoms in total. The summed E-state index contributed by atoms with van der Waals surface area (Å²) in [5, 5.41) is 2.72. The van der Waals surface area contributed by atoms with Crippen molar-refractivity contribution >= 4 is 18.2 Å². The van der Waals surface area contributed by atoms with E-state index >= 15 is 0 Å². The molecule has 28 heavy (non-hydrogen) atoms. The van der Waals surface area contributed by atoms with Crippen molar-refractivity contribution in [3.8, 4) is 0 Å². The van der Waals surface area contributed by atoms with Crippen LogP contribution in [0, 0.1) is 5.92 Å². The van der Waals surface area contributed by atoms with Crippen LogP contribution in [-0.4, -0.2) is 54.9 Å². The highest BCUT2D eigenvalue weighted by molar-refractivity contribution is 5.77. The number of piperidine rings is 1. The Kier molecular flexibility index (Phi) is 7.25. The molecule has 2 amide bonds. The second-order valence-electron chi connectivity index (χ2n) is 7.66. The molecule has 8 heteroatoms. The molecule has 1 N–H and O–H groups in total. The van der Waals surface area contributed by atoms with Gasteiger partial charge in [0, 0.05) is 19.1 Å². The molecule has 0 aromatic heterocycles. The molecule has 0 aliphatic carbocycles. The zero-order valence-corrected chi connectivity index (χ0v) is 16.8. The Morgan fingerprint density at radius 1 is 1.18 bits per heavy atom. The van der Waals surface area contributed by atoms with Gasteiger partial charge in [-0.05, 0) is 32.8 Å². The third-order valence-electron chi connectivity index (χ3n) is 4.28. The van der Waals surface area contributed by atoms with Crippen LogP contribution in [0.2, 0.25) is 0 Å². The summed E-state index contributed by atoms with van der Waals surface area (Å²) in [5.41, 5.74) is 0.232. The lowest BCUT2D eigenvalue weighted by Gasteiger charge is -2.37. The first kappa shape index (κ1) is 21.5. The van der Waals surface area contributed by atoms with Gasteiger partial charge < -0.3 is 24.4 Å². The van der Waals surface area contributed by atoms with Gasteiger partial charge in [0.25, 0.3) is 0 Å². The monoisotopic (exact) mass is 392 g/mol. The van der Waals surface area contributed by atoms with Gasteiger partial charge in [0.1, 0.15) is 12.2 Å². The fraction of sp³-hybridized carbons (Fsp3) is 0.550. The van der Waals surface area contributed by atoms with Crippen LogP contribution in [0.25, 0.3) is 0 Å². The van der Waals surface area contributed by atoms with Gasteiger partial charge in [0.15, 0.2) is 0 Å². The maximum absolute atomic E-state index is 12.3. The van der Waals surface area contributed by atoms with E-state index in [4.69, 9.17) is 14.2 Å². The van der Waals surface area contributed by atoms with Gasteiger partial charge in [-0.3, -0.25) is 4.79 Å². The van der Waals surface area contributed by atoms with Gasteiger partial charge >= 0.3 is 18.2 Å². The van der Waals surface area contributed by atoms with E-state index in [1.165, 1.54) is 12.0 Å². The van der Waals surface area contributed by atoms with Crippen molar-refractivity contribution in [1.29, 1.82) is 0 Å². The minimum atomic E-state index is -0.699. The van der Waals surface area contributed by atoms with Crippen molar-refractivity contribution in [1.82, 2.24) is 10.2 Å². The molecule has 1 aromatic rings. The number of hydrogen-bond donors (Lipinski definition) is 1. The minimum absolute atomic E-state index is 0.102. The molecule has 0 unspecified atom stereocenters. The molecule has 0 saturated carbocycles. The molecule has 1 fully saturated rings. The zero-order chi connectivity index (χ0) is 20.7. The van der Waals surface area contributed by atoms with Crippen LogP contribution in [-0.2, 0) is 25.6 Å². The number of nitrogens with zero attached hydrogens (tertiary/aromatic N) is 1. The Morgan fingerprint density at radius 2 is 1.86 bits per heavy atom. The number of nitrogens with one attached hydrogen (secondary N) is 1. The SMILES string of the molecule is COC(=O)[C@@H]1CN(C(=O)OC(C)(C)C)CC[C@@H]1NC(=O)OCc1ccccc1. The Balaban J connectivity index is 1.95. The largest absolute Gasteiger partial charge is 0.469 e. The highest BCUT2D eigenvalue weighted by Crippen LogP contribution is 2.21. The van der Waals surface area contributed by atoms with Gasteiger partial charge in [0.2, 0.25) is 0 Å². The van der Waals surface area contributed by atoms with Crippen LogP contribution in [0.4, 0.5) is 9.59 Å². The van der Waals surface area contributed by atoms with Crippen molar-refractivity contribution < 1.29 is 28.6 Å². The molecule has 0 spiro atoms. The predicted octanol–water partition coefficient (Wildman–Crippen LogP) is 2.71. The van der Waals surface area contributed by atoms with Gasteiger partial charge in [-0.1, -0.05) is 30.3 Å². The van der Waals surface area contributed by atoms with Gasteiger partial charge in [0.05, 0.1) is 13.0 Å². The van der Waals surface area contributed by atoms with Gasteiger partial charge in [-0.15, -0.1) is 0 Å². The number of carbonyl (C=O) groups is 3. The Hall–Kier alpha value is -2.77. The van der Waals surface area contributed by atoms with Crippen LogP contribution in [0.15, 0.2) is 30.3 Å². The van der Waals surface area contributed by atoms with Crippen molar-refractivity contribution in [3.63, 3.8) is 0 Å². The van der Waals surface area contributed by atoms with Gasteiger partial charge in [-0.25, -0.2) is 9.59 Å². The first-order chi connectivity index (χ1) is 13.2. The van der Waals surface area contributed by atoms with Crippen LogP contribution < -0.4 is 5.32 Å². The lowest BCUT2D eigenvalue weighted by molar-refractivity contribution is -0.148. The quantitative estimate of drug-likeness (QED) is 0.625. The molecule has 0 radical (unpaired) electrons. The summed E-state index contributed by atoms with van der Waals surface area (Å²) in [5.74, 6) is -1.20. The maximum Gasteiger partial charge on any atom is 0.410 e. The Morgan fingerprint density at radius 3 is 2.46 bits per heavy atom. The molecule has 154 valence electrons. The topological polar surface area (TPSA) is 94.2 Å². The van der Waals surface area contributed by atoms with Crippen molar-refractivity contribution in [2.45, 2.75) is 45.4 Å². The lowest BCUT2D eigenvalue weighted by Crippen LogP contribution is -2.55. The van der Waals surface area contributed by atoms with Crippen LogP contribution in [0.3, 0.4) is 0 Å². The highest BCUT2D eigenvalue weighted by Gasteiger charge is 2.39. The molecule has 1 aromatic carbocycles. The fourth-order valence-corrected chi connectivity index (χ4v) is 2.92. The standard InChI is InChI=1S/C20H28N2O6/c1-20(2,3)28-19(25)22-11-10-16(15(12-22)17(23)26-4)21-18(24)27-13-14-8-6-5-7-9-14/h5-9,15-16H,10-13H2,1-4H3,(H,21,24)/t15-,16+/m1/s1. The predicted molar refractivity (Wildman–Crippen MR) is 101 cm³/mol. The van der Waals surface area contributed by atoms with E-state index in [2.05, 4.69) is 5.32 Å². The number of ether oxygens (including phenoxy) is 3. The zero-order valence-electron chi connectivity index (χ0n) is 16.8.